The zero-order chi connectivity index (χ0) is 11.3. The fourth-order valence-corrected chi connectivity index (χ4v) is 4.13. The van der Waals surface area contributed by atoms with Gasteiger partial charge in [0.1, 0.15) is 0 Å². The highest BCUT2D eigenvalue weighted by Gasteiger charge is 2.46. The van der Waals surface area contributed by atoms with Gasteiger partial charge in [0.05, 0.1) is 0 Å². The summed E-state index contributed by atoms with van der Waals surface area (Å²) in [5.41, 5.74) is 5.32. The molecule has 1 fully saturated rings. The van der Waals surface area contributed by atoms with Crippen LogP contribution in [0.1, 0.15) is 62.1 Å². The second-order valence-corrected chi connectivity index (χ2v) is 6.02. The molecule has 2 aliphatic rings. The Kier molecular flexibility index (Phi) is 2.18. The lowest BCUT2D eigenvalue weighted by Gasteiger charge is -2.38. The van der Waals surface area contributed by atoms with Crippen LogP contribution in [0, 0.1) is 12.8 Å². The van der Waals surface area contributed by atoms with Gasteiger partial charge in [0.25, 0.3) is 0 Å². The number of rotatable bonds is 1. The lowest BCUT2D eigenvalue weighted by Crippen LogP contribution is -2.29. The molecular formula is C16H22. The maximum absolute atomic E-state index is 2.47. The second-order valence-electron chi connectivity index (χ2n) is 6.02. The predicted molar refractivity (Wildman–Crippen MR) is 68.9 cm³/mol. The fourth-order valence-electron chi connectivity index (χ4n) is 4.13. The predicted octanol–water partition coefficient (Wildman–Crippen LogP) is 4.56. The Morgan fingerprint density at radius 2 is 2.19 bits per heavy atom. The highest BCUT2D eigenvalue weighted by molar-refractivity contribution is 5.43. The zero-order valence-corrected chi connectivity index (χ0v) is 10.7. The minimum absolute atomic E-state index is 0.540. The van der Waals surface area contributed by atoms with Crippen LogP contribution in [0.25, 0.3) is 0 Å². The van der Waals surface area contributed by atoms with Crippen LogP contribution in [-0.2, 0) is 5.41 Å². The van der Waals surface area contributed by atoms with Crippen molar-refractivity contribution in [2.45, 2.75) is 57.8 Å². The van der Waals surface area contributed by atoms with E-state index in [0.717, 1.165) is 11.8 Å². The number of benzene rings is 1. The molecule has 86 valence electrons. The first-order chi connectivity index (χ1) is 7.66. The average Bonchev–Trinajstić information content (AvgIpc) is 2.69. The van der Waals surface area contributed by atoms with Gasteiger partial charge in [-0.25, -0.2) is 0 Å². The standard InChI is InChI=1S/C16H22/c1-4-16-8-7-13(10-16)12(3)14-6-5-11(2)9-15(14)16/h5-6,9,12-13H,4,7-8,10H2,1-3H3/t12?,13-,16+/m0/s1. The average molecular weight is 214 g/mol. The van der Waals surface area contributed by atoms with Crippen molar-refractivity contribution < 1.29 is 0 Å². The number of aryl methyl sites for hydroxylation is 1. The second kappa shape index (κ2) is 3.35. The number of hydrogen-bond donors (Lipinski definition) is 0. The summed E-state index contributed by atoms with van der Waals surface area (Å²) in [6.45, 7) is 7.05. The van der Waals surface area contributed by atoms with Crippen molar-refractivity contribution in [3.8, 4) is 0 Å². The van der Waals surface area contributed by atoms with Crippen LogP contribution in [0.3, 0.4) is 0 Å². The van der Waals surface area contributed by atoms with Gasteiger partial charge in [0.15, 0.2) is 0 Å². The first kappa shape index (κ1) is 10.4. The van der Waals surface area contributed by atoms with Gasteiger partial charge in [-0.2, -0.15) is 0 Å². The molecule has 0 aliphatic heterocycles. The van der Waals surface area contributed by atoms with Gasteiger partial charge in [-0.3, -0.25) is 0 Å². The zero-order valence-electron chi connectivity index (χ0n) is 10.7. The molecule has 3 atom stereocenters. The molecule has 0 saturated heterocycles. The Labute approximate surface area is 99.1 Å². The van der Waals surface area contributed by atoms with Gasteiger partial charge in [-0.1, -0.05) is 37.6 Å². The van der Waals surface area contributed by atoms with Crippen molar-refractivity contribution in [1.82, 2.24) is 0 Å². The lowest BCUT2D eigenvalue weighted by molar-refractivity contribution is 0.344. The molecule has 1 saturated carbocycles. The molecule has 0 N–H and O–H groups in total. The Morgan fingerprint density at radius 3 is 2.94 bits per heavy atom. The summed E-state index contributed by atoms with van der Waals surface area (Å²) in [7, 11) is 0. The quantitative estimate of drug-likeness (QED) is 0.643. The van der Waals surface area contributed by atoms with E-state index in [1.807, 2.05) is 0 Å². The van der Waals surface area contributed by atoms with E-state index in [2.05, 4.69) is 39.0 Å². The van der Waals surface area contributed by atoms with E-state index in [1.54, 1.807) is 11.1 Å². The van der Waals surface area contributed by atoms with Crippen LogP contribution in [0.5, 0.6) is 0 Å². The Morgan fingerprint density at radius 1 is 1.38 bits per heavy atom. The van der Waals surface area contributed by atoms with Crippen molar-refractivity contribution in [2.75, 3.05) is 0 Å². The van der Waals surface area contributed by atoms with Crippen molar-refractivity contribution in [2.24, 2.45) is 5.92 Å². The molecule has 0 aromatic heterocycles. The highest BCUT2D eigenvalue weighted by Crippen LogP contribution is 2.57. The van der Waals surface area contributed by atoms with Crippen LogP contribution >= 0.6 is 0 Å². The van der Waals surface area contributed by atoms with E-state index in [1.165, 1.54) is 31.2 Å². The molecule has 0 radical (unpaired) electrons. The largest absolute Gasteiger partial charge is 0.0645 e. The molecule has 2 aliphatic carbocycles. The van der Waals surface area contributed by atoms with Gasteiger partial charge in [0.2, 0.25) is 0 Å². The number of fused-ring (bicyclic) bond motifs is 4. The molecule has 1 aromatic carbocycles. The third-order valence-electron chi connectivity index (χ3n) is 5.30. The van der Waals surface area contributed by atoms with Crippen LogP contribution < -0.4 is 0 Å². The summed E-state index contributed by atoms with van der Waals surface area (Å²) < 4.78 is 0. The molecule has 1 aromatic rings. The van der Waals surface area contributed by atoms with Crippen LogP contribution in [0.15, 0.2) is 18.2 Å². The summed E-state index contributed by atoms with van der Waals surface area (Å²) in [5.74, 6) is 1.74. The Bertz CT molecular complexity index is 418. The maximum Gasteiger partial charge on any atom is -0.00437 e. The van der Waals surface area contributed by atoms with Crippen molar-refractivity contribution in [1.29, 1.82) is 0 Å². The first-order valence-corrected chi connectivity index (χ1v) is 6.77. The fraction of sp³-hybridized carbons (Fsp3) is 0.625. The summed E-state index contributed by atoms with van der Waals surface area (Å²) in [5, 5.41) is 0. The van der Waals surface area contributed by atoms with Gasteiger partial charge in [0, 0.05) is 0 Å². The Hall–Kier alpha value is -0.780. The van der Waals surface area contributed by atoms with E-state index in [9.17, 15) is 0 Å². The van der Waals surface area contributed by atoms with E-state index in [0.29, 0.717) is 5.41 Å². The summed E-state index contributed by atoms with van der Waals surface area (Å²) >= 11 is 0. The molecule has 3 rings (SSSR count). The normalized spacial score (nSPS) is 36.2. The van der Waals surface area contributed by atoms with Crippen molar-refractivity contribution in [3.63, 3.8) is 0 Å². The number of hydrogen-bond acceptors (Lipinski definition) is 0. The van der Waals surface area contributed by atoms with Crippen molar-refractivity contribution in [3.05, 3.63) is 34.9 Å². The molecule has 0 nitrogen and oxygen atoms in total. The molecule has 0 spiro atoms. The van der Waals surface area contributed by atoms with E-state index < -0.39 is 0 Å². The van der Waals surface area contributed by atoms with E-state index in [4.69, 9.17) is 0 Å². The van der Waals surface area contributed by atoms with Crippen LogP contribution in [-0.4, -0.2) is 0 Å². The lowest BCUT2D eigenvalue weighted by atomic mass is 9.66. The molecule has 0 amide bonds. The third kappa shape index (κ3) is 1.22. The molecule has 2 bridgehead atoms. The summed E-state index contributed by atoms with van der Waals surface area (Å²) in [6.07, 6.45) is 5.64. The van der Waals surface area contributed by atoms with Gasteiger partial charge < -0.3 is 0 Å². The SMILES string of the molecule is CC[C@@]12CC[C@@H](C1)C(C)c1ccc(C)cc12. The van der Waals surface area contributed by atoms with Gasteiger partial charge >= 0.3 is 0 Å². The monoisotopic (exact) mass is 214 g/mol. The topological polar surface area (TPSA) is 0 Å². The minimum Gasteiger partial charge on any atom is -0.0645 e. The summed E-state index contributed by atoms with van der Waals surface area (Å²) in [6, 6.07) is 7.16. The van der Waals surface area contributed by atoms with E-state index in [-0.39, 0.29) is 0 Å². The first-order valence-electron chi connectivity index (χ1n) is 6.77. The molecular weight excluding hydrogens is 192 g/mol. The third-order valence-corrected chi connectivity index (χ3v) is 5.30. The van der Waals surface area contributed by atoms with Crippen LogP contribution in [0.2, 0.25) is 0 Å². The van der Waals surface area contributed by atoms with Crippen LogP contribution in [0.4, 0.5) is 0 Å². The summed E-state index contributed by atoms with van der Waals surface area (Å²) in [4.78, 5) is 0. The molecule has 16 heavy (non-hydrogen) atoms. The molecule has 0 heteroatoms. The molecule has 0 heterocycles. The Balaban J connectivity index is 2.21. The van der Waals surface area contributed by atoms with E-state index >= 15 is 0 Å². The van der Waals surface area contributed by atoms with Crippen molar-refractivity contribution >= 4 is 0 Å². The van der Waals surface area contributed by atoms with Gasteiger partial charge in [-0.15, -0.1) is 0 Å². The smallest absolute Gasteiger partial charge is 0.00437 e. The maximum atomic E-state index is 2.47. The minimum atomic E-state index is 0.540. The molecule has 1 unspecified atom stereocenters. The highest BCUT2D eigenvalue weighted by atomic mass is 14.5. The van der Waals surface area contributed by atoms with Gasteiger partial charge in [-0.05, 0) is 61.0 Å².